The van der Waals surface area contributed by atoms with Crippen molar-refractivity contribution >= 4 is 5.69 Å². The summed E-state index contributed by atoms with van der Waals surface area (Å²) in [5.74, 6) is 1.58. The van der Waals surface area contributed by atoms with E-state index in [-0.39, 0.29) is 0 Å². The highest BCUT2D eigenvalue weighted by atomic mass is 16.5. The van der Waals surface area contributed by atoms with Gasteiger partial charge in [0.05, 0.1) is 12.7 Å². The van der Waals surface area contributed by atoms with Crippen molar-refractivity contribution in [3.05, 3.63) is 60.2 Å². The minimum absolute atomic E-state index is 0.544. The summed E-state index contributed by atoms with van der Waals surface area (Å²) in [5.41, 5.74) is 2.57. The van der Waals surface area contributed by atoms with Gasteiger partial charge in [0.25, 0.3) is 0 Å². The summed E-state index contributed by atoms with van der Waals surface area (Å²) in [4.78, 5) is 2.47. The number of hydrogen-bond donors (Lipinski definition) is 1. The number of ether oxygens (including phenoxy) is 1. The summed E-state index contributed by atoms with van der Waals surface area (Å²) in [6.45, 7) is 4.76. The number of nitrogens with one attached hydrogen (secondary N) is 1. The summed E-state index contributed by atoms with van der Waals surface area (Å²) in [7, 11) is 0. The highest BCUT2D eigenvalue weighted by molar-refractivity contribution is 5.46. The lowest BCUT2D eigenvalue weighted by atomic mass is 10.1. The van der Waals surface area contributed by atoms with Crippen LogP contribution in [-0.2, 0) is 6.54 Å². The zero-order chi connectivity index (χ0) is 18.0. The normalized spacial score (nSPS) is 16.4. The van der Waals surface area contributed by atoms with Gasteiger partial charge in [0.1, 0.15) is 5.75 Å². The number of nitriles is 1. The van der Waals surface area contributed by atoms with Gasteiger partial charge in [0.15, 0.2) is 0 Å². The Balaban J connectivity index is 1.39. The van der Waals surface area contributed by atoms with Gasteiger partial charge in [-0.1, -0.05) is 30.3 Å². The van der Waals surface area contributed by atoms with Gasteiger partial charge in [-0.25, -0.2) is 0 Å². The van der Waals surface area contributed by atoms with Crippen molar-refractivity contribution in [2.45, 2.75) is 25.8 Å². The van der Waals surface area contributed by atoms with Crippen molar-refractivity contribution in [2.24, 2.45) is 5.92 Å². The van der Waals surface area contributed by atoms with Crippen LogP contribution in [0.15, 0.2) is 54.6 Å². The number of rotatable bonds is 9. The van der Waals surface area contributed by atoms with Crippen molar-refractivity contribution < 1.29 is 4.74 Å². The third-order valence-corrected chi connectivity index (χ3v) is 4.77. The van der Waals surface area contributed by atoms with E-state index in [9.17, 15) is 0 Å². The van der Waals surface area contributed by atoms with E-state index in [2.05, 4.69) is 58.8 Å². The first-order valence-electron chi connectivity index (χ1n) is 9.44. The van der Waals surface area contributed by atoms with Crippen molar-refractivity contribution in [1.29, 1.82) is 5.26 Å². The van der Waals surface area contributed by atoms with Crippen LogP contribution in [0.5, 0.6) is 5.75 Å². The molecule has 2 aromatic rings. The van der Waals surface area contributed by atoms with Crippen LogP contribution in [0, 0.1) is 17.2 Å². The standard InChI is InChI=1S/C22H27N3O/c23-12-4-5-14-26-22-10-6-7-19(15-22)16-24-17-20-11-13-25(18-20)21-8-2-1-3-9-21/h1-3,6-10,15,20,24H,4-5,11,13-14,16-18H2. The Morgan fingerprint density at radius 2 is 2.04 bits per heavy atom. The molecule has 4 heteroatoms. The highest BCUT2D eigenvalue weighted by Crippen LogP contribution is 2.23. The van der Waals surface area contributed by atoms with E-state index in [1.54, 1.807) is 0 Å². The van der Waals surface area contributed by atoms with Crippen LogP contribution in [0.3, 0.4) is 0 Å². The topological polar surface area (TPSA) is 48.3 Å². The molecule has 0 amide bonds. The van der Waals surface area contributed by atoms with Crippen LogP contribution in [0.2, 0.25) is 0 Å². The smallest absolute Gasteiger partial charge is 0.119 e. The highest BCUT2D eigenvalue weighted by Gasteiger charge is 2.22. The lowest BCUT2D eigenvalue weighted by Gasteiger charge is -2.18. The van der Waals surface area contributed by atoms with Gasteiger partial charge in [0, 0.05) is 38.3 Å². The largest absolute Gasteiger partial charge is 0.494 e. The Morgan fingerprint density at radius 1 is 1.15 bits per heavy atom. The quantitative estimate of drug-likeness (QED) is 0.696. The number of nitrogens with zero attached hydrogens (tertiary/aromatic N) is 2. The molecule has 0 radical (unpaired) electrons. The van der Waals surface area contributed by atoms with Crippen molar-refractivity contribution in [2.75, 3.05) is 31.1 Å². The van der Waals surface area contributed by atoms with Gasteiger partial charge in [0.2, 0.25) is 0 Å². The van der Waals surface area contributed by atoms with Gasteiger partial charge in [-0.15, -0.1) is 0 Å². The number of para-hydroxylation sites is 1. The molecule has 0 aliphatic carbocycles. The van der Waals surface area contributed by atoms with E-state index in [0.717, 1.165) is 38.3 Å². The van der Waals surface area contributed by atoms with Crippen LogP contribution in [0.25, 0.3) is 0 Å². The van der Waals surface area contributed by atoms with E-state index >= 15 is 0 Å². The number of benzene rings is 2. The molecule has 0 bridgehead atoms. The van der Waals surface area contributed by atoms with Crippen LogP contribution < -0.4 is 15.0 Å². The molecule has 1 aliphatic rings. The molecule has 1 fully saturated rings. The monoisotopic (exact) mass is 349 g/mol. The van der Waals surface area contributed by atoms with Gasteiger partial charge < -0.3 is 15.0 Å². The summed E-state index contributed by atoms with van der Waals surface area (Å²) >= 11 is 0. The molecular weight excluding hydrogens is 322 g/mol. The molecule has 0 aromatic heterocycles. The van der Waals surface area contributed by atoms with Crippen molar-refractivity contribution in [3.8, 4) is 11.8 Å². The minimum atomic E-state index is 0.544. The molecule has 0 saturated carbocycles. The van der Waals surface area contributed by atoms with E-state index < -0.39 is 0 Å². The maximum atomic E-state index is 8.56. The number of hydrogen-bond acceptors (Lipinski definition) is 4. The molecular formula is C22H27N3O. The molecule has 4 nitrogen and oxygen atoms in total. The maximum Gasteiger partial charge on any atom is 0.119 e. The predicted octanol–water partition coefficient (Wildman–Crippen LogP) is 3.99. The Kier molecular flexibility index (Phi) is 6.92. The van der Waals surface area contributed by atoms with E-state index in [1.807, 2.05) is 12.1 Å². The van der Waals surface area contributed by atoms with E-state index in [0.29, 0.717) is 18.9 Å². The molecule has 1 atom stereocenters. The van der Waals surface area contributed by atoms with Gasteiger partial charge in [-0.3, -0.25) is 0 Å². The van der Waals surface area contributed by atoms with E-state index in [4.69, 9.17) is 10.00 Å². The number of unbranched alkanes of at least 4 members (excludes halogenated alkanes) is 1. The van der Waals surface area contributed by atoms with Crippen LogP contribution in [-0.4, -0.2) is 26.2 Å². The first-order valence-corrected chi connectivity index (χ1v) is 9.44. The predicted molar refractivity (Wildman–Crippen MR) is 105 cm³/mol. The zero-order valence-electron chi connectivity index (χ0n) is 15.2. The molecule has 1 saturated heterocycles. The summed E-state index contributed by atoms with van der Waals surface area (Å²) < 4.78 is 5.71. The van der Waals surface area contributed by atoms with Crippen LogP contribution in [0.1, 0.15) is 24.8 Å². The average Bonchev–Trinajstić information content (AvgIpc) is 3.15. The zero-order valence-corrected chi connectivity index (χ0v) is 15.2. The second-order valence-electron chi connectivity index (χ2n) is 6.82. The average molecular weight is 349 g/mol. The van der Waals surface area contributed by atoms with Gasteiger partial charge >= 0.3 is 0 Å². The Bertz CT molecular complexity index is 711. The molecule has 1 unspecified atom stereocenters. The fraction of sp³-hybridized carbons (Fsp3) is 0.409. The van der Waals surface area contributed by atoms with E-state index in [1.165, 1.54) is 17.7 Å². The second-order valence-corrected chi connectivity index (χ2v) is 6.82. The lowest BCUT2D eigenvalue weighted by molar-refractivity contribution is 0.312. The van der Waals surface area contributed by atoms with Crippen molar-refractivity contribution in [1.82, 2.24) is 5.32 Å². The SMILES string of the molecule is N#CCCCOc1cccc(CNCC2CCN(c3ccccc3)C2)c1. The summed E-state index contributed by atoms with van der Waals surface area (Å²) in [5, 5.41) is 12.2. The fourth-order valence-corrected chi connectivity index (χ4v) is 3.38. The second kappa shape index (κ2) is 9.84. The minimum Gasteiger partial charge on any atom is -0.494 e. The molecule has 1 N–H and O–H groups in total. The third-order valence-electron chi connectivity index (χ3n) is 4.77. The Labute approximate surface area is 156 Å². The lowest BCUT2D eigenvalue weighted by Crippen LogP contribution is -2.26. The molecule has 0 spiro atoms. The molecule has 2 aromatic carbocycles. The molecule has 1 heterocycles. The van der Waals surface area contributed by atoms with Crippen LogP contribution >= 0.6 is 0 Å². The third kappa shape index (κ3) is 5.50. The molecule has 26 heavy (non-hydrogen) atoms. The molecule has 3 rings (SSSR count). The van der Waals surface area contributed by atoms with Crippen molar-refractivity contribution in [3.63, 3.8) is 0 Å². The summed E-state index contributed by atoms with van der Waals surface area (Å²) in [6, 6.07) is 21.0. The van der Waals surface area contributed by atoms with Gasteiger partial charge in [-0.05, 0) is 48.6 Å². The first kappa shape index (κ1) is 18.3. The summed E-state index contributed by atoms with van der Waals surface area (Å²) in [6.07, 6.45) is 2.56. The number of anilines is 1. The molecule has 136 valence electrons. The first-order chi connectivity index (χ1) is 12.8. The Hall–Kier alpha value is -2.51. The fourth-order valence-electron chi connectivity index (χ4n) is 3.38. The Morgan fingerprint density at radius 3 is 2.88 bits per heavy atom. The molecule has 1 aliphatic heterocycles. The van der Waals surface area contributed by atoms with Crippen LogP contribution in [0.4, 0.5) is 5.69 Å². The maximum absolute atomic E-state index is 8.56. The van der Waals surface area contributed by atoms with Gasteiger partial charge in [-0.2, -0.15) is 5.26 Å².